The molecule has 0 aromatic heterocycles. The Kier molecular flexibility index (Phi) is 4.35. The van der Waals surface area contributed by atoms with E-state index in [0.29, 0.717) is 6.54 Å². The monoisotopic (exact) mass is 209 g/mol. The molecule has 0 bridgehead atoms. The number of nitrogens with zero attached hydrogens (tertiary/aromatic N) is 1. The van der Waals surface area contributed by atoms with E-state index < -0.39 is 21.7 Å². The molecule has 0 unspecified atom stereocenters. The highest BCUT2D eigenvalue weighted by Gasteiger charge is 2.25. The van der Waals surface area contributed by atoms with Crippen molar-refractivity contribution in [1.82, 2.24) is 4.31 Å². The Labute approximate surface area is 78.4 Å². The van der Waals surface area contributed by atoms with Crippen LogP contribution in [0.5, 0.6) is 0 Å². The van der Waals surface area contributed by atoms with Crippen molar-refractivity contribution in [2.45, 2.75) is 26.8 Å². The molecule has 78 valence electrons. The lowest BCUT2D eigenvalue weighted by Crippen LogP contribution is -2.39. The molecular formula is C7H15NO4S. The summed E-state index contributed by atoms with van der Waals surface area (Å²) < 4.78 is 23.9. The molecule has 0 rings (SSSR count). The molecule has 0 spiro atoms. The summed E-state index contributed by atoms with van der Waals surface area (Å²) >= 11 is 0. The first-order chi connectivity index (χ1) is 5.81. The van der Waals surface area contributed by atoms with Crippen LogP contribution in [0.3, 0.4) is 0 Å². The molecule has 0 radical (unpaired) electrons. The van der Waals surface area contributed by atoms with E-state index in [2.05, 4.69) is 0 Å². The molecule has 0 atom stereocenters. The Morgan fingerprint density at radius 2 is 1.92 bits per heavy atom. The van der Waals surface area contributed by atoms with Crippen LogP contribution in [0.4, 0.5) is 0 Å². The number of carbonyl (C=O) groups is 1. The van der Waals surface area contributed by atoms with Gasteiger partial charge in [-0.3, -0.25) is 4.79 Å². The van der Waals surface area contributed by atoms with Crippen LogP contribution in [-0.4, -0.2) is 42.1 Å². The van der Waals surface area contributed by atoms with Gasteiger partial charge in [0.2, 0.25) is 10.0 Å². The summed E-state index contributed by atoms with van der Waals surface area (Å²) in [6, 6.07) is -0.200. The summed E-state index contributed by atoms with van der Waals surface area (Å²) in [7, 11) is -3.64. The van der Waals surface area contributed by atoms with E-state index in [4.69, 9.17) is 5.11 Å². The van der Waals surface area contributed by atoms with Gasteiger partial charge in [-0.05, 0) is 13.8 Å². The summed E-state index contributed by atoms with van der Waals surface area (Å²) in [6.07, 6.45) is 0. The molecule has 5 nitrogen and oxygen atoms in total. The van der Waals surface area contributed by atoms with Crippen molar-refractivity contribution < 1.29 is 18.3 Å². The quantitative estimate of drug-likeness (QED) is 0.698. The zero-order valence-electron chi connectivity index (χ0n) is 8.02. The van der Waals surface area contributed by atoms with Gasteiger partial charge in [0, 0.05) is 12.6 Å². The average Bonchev–Trinajstić information content (AvgIpc) is 1.82. The van der Waals surface area contributed by atoms with Crippen LogP contribution in [0.15, 0.2) is 0 Å². The first-order valence-corrected chi connectivity index (χ1v) is 5.63. The van der Waals surface area contributed by atoms with Gasteiger partial charge in [-0.25, -0.2) is 8.42 Å². The molecule has 0 saturated carbocycles. The number of carboxylic acid groups (broad SMARTS) is 1. The van der Waals surface area contributed by atoms with Gasteiger partial charge in [-0.1, -0.05) is 6.92 Å². The van der Waals surface area contributed by atoms with Gasteiger partial charge in [0.05, 0.1) is 0 Å². The second-order valence-electron chi connectivity index (χ2n) is 2.95. The lowest BCUT2D eigenvalue weighted by molar-refractivity contribution is -0.134. The van der Waals surface area contributed by atoms with Gasteiger partial charge in [-0.15, -0.1) is 0 Å². The van der Waals surface area contributed by atoms with Crippen LogP contribution >= 0.6 is 0 Å². The molecule has 0 aromatic carbocycles. The SMILES string of the molecule is CCN(C(C)C)S(=O)(=O)CC(=O)O. The van der Waals surface area contributed by atoms with E-state index in [1.54, 1.807) is 20.8 Å². The fourth-order valence-electron chi connectivity index (χ4n) is 1.12. The van der Waals surface area contributed by atoms with Crippen LogP contribution in [0.25, 0.3) is 0 Å². The molecule has 0 aromatic rings. The molecule has 0 aliphatic rings. The van der Waals surface area contributed by atoms with E-state index in [-0.39, 0.29) is 6.04 Å². The molecule has 1 N–H and O–H groups in total. The van der Waals surface area contributed by atoms with Crippen LogP contribution in [0.2, 0.25) is 0 Å². The van der Waals surface area contributed by atoms with Gasteiger partial charge >= 0.3 is 5.97 Å². The third-order valence-electron chi connectivity index (χ3n) is 1.55. The van der Waals surface area contributed by atoms with Crippen molar-refractivity contribution in [3.63, 3.8) is 0 Å². The molecular weight excluding hydrogens is 194 g/mol. The van der Waals surface area contributed by atoms with Gasteiger partial charge in [-0.2, -0.15) is 4.31 Å². The van der Waals surface area contributed by atoms with Crippen molar-refractivity contribution in [2.24, 2.45) is 0 Å². The Balaban J connectivity index is 4.69. The second-order valence-corrected chi connectivity index (χ2v) is 4.87. The topological polar surface area (TPSA) is 74.7 Å². The molecule has 13 heavy (non-hydrogen) atoms. The number of hydrogen-bond donors (Lipinski definition) is 1. The zero-order chi connectivity index (χ0) is 10.6. The summed E-state index contributed by atoms with van der Waals surface area (Å²) in [5.74, 6) is -2.15. The van der Waals surface area contributed by atoms with Crippen LogP contribution in [0.1, 0.15) is 20.8 Å². The maximum Gasteiger partial charge on any atom is 0.320 e. The lowest BCUT2D eigenvalue weighted by atomic mass is 10.4. The second kappa shape index (κ2) is 4.57. The summed E-state index contributed by atoms with van der Waals surface area (Å²) in [4.78, 5) is 10.3. The predicted octanol–water partition coefficient (Wildman–Crippen LogP) is 0.131. The minimum atomic E-state index is -3.64. The number of hydrogen-bond acceptors (Lipinski definition) is 3. The largest absolute Gasteiger partial charge is 0.480 e. The Morgan fingerprint density at radius 1 is 1.46 bits per heavy atom. The molecule has 0 amide bonds. The third kappa shape index (κ3) is 3.73. The van der Waals surface area contributed by atoms with Gasteiger partial charge < -0.3 is 5.11 Å². The Hall–Kier alpha value is -0.620. The first kappa shape index (κ1) is 12.4. The number of aliphatic carboxylic acids is 1. The Bertz CT molecular complexity index is 270. The fraction of sp³-hybridized carbons (Fsp3) is 0.857. The smallest absolute Gasteiger partial charge is 0.320 e. The minimum absolute atomic E-state index is 0.200. The molecule has 0 aliphatic heterocycles. The highest BCUT2D eigenvalue weighted by Crippen LogP contribution is 2.06. The van der Waals surface area contributed by atoms with Gasteiger partial charge in [0.15, 0.2) is 5.75 Å². The van der Waals surface area contributed by atoms with Crippen LogP contribution in [0, 0.1) is 0 Å². The molecule has 6 heteroatoms. The molecule has 0 aliphatic carbocycles. The third-order valence-corrected chi connectivity index (χ3v) is 3.56. The number of sulfonamides is 1. The highest BCUT2D eigenvalue weighted by atomic mass is 32.2. The maximum absolute atomic E-state index is 11.4. The normalized spacial score (nSPS) is 12.4. The summed E-state index contributed by atoms with van der Waals surface area (Å²) in [5.41, 5.74) is 0. The van der Waals surface area contributed by atoms with E-state index in [1.807, 2.05) is 0 Å². The van der Waals surface area contributed by atoms with Crippen molar-refractivity contribution in [3.05, 3.63) is 0 Å². The average molecular weight is 209 g/mol. The summed E-state index contributed by atoms with van der Waals surface area (Å²) in [5, 5.41) is 8.37. The minimum Gasteiger partial charge on any atom is -0.480 e. The zero-order valence-corrected chi connectivity index (χ0v) is 8.84. The summed E-state index contributed by atoms with van der Waals surface area (Å²) in [6.45, 7) is 5.40. The fourth-order valence-corrected chi connectivity index (χ4v) is 2.64. The van der Waals surface area contributed by atoms with E-state index >= 15 is 0 Å². The predicted molar refractivity (Wildman–Crippen MR) is 48.9 cm³/mol. The van der Waals surface area contributed by atoms with Gasteiger partial charge in [0.1, 0.15) is 0 Å². The van der Waals surface area contributed by atoms with Crippen LogP contribution in [-0.2, 0) is 14.8 Å². The van der Waals surface area contributed by atoms with Crippen molar-refractivity contribution in [3.8, 4) is 0 Å². The maximum atomic E-state index is 11.4. The van der Waals surface area contributed by atoms with Crippen molar-refractivity contribution >= 4 is 16.0 Å². The van der Waals surface area contributed by atoms with Crippen LogP contribution < -0.4 is 0 Å². The first-order valence-electron chi connectivity index (χ1n) is 4.02. The highest BCUT2D eigenvalue weighted by molar-refractivity contribution is 7.89. The van der Waals surface area contributed by atoms with E-state index in [1.165, 1.54) is 4.31 Å². The van der Waals surface area contributed by atoms with E-state index in [0.717, 1.165) is 0 Å². The van der Waals surface area contributed by atoms with Crippen molar-refractivity contribution in [2.75, 3.05) is 12.3 Å². The number of carboxylic acids is 1. The van der Waals surface area contributed by atoms with Crippen molar-refractivity contribution in [1.29, 1.82) is 0 Å². The standard InChI is InChI=1S/C7H15NO4S/c1-4-8(6(2)3)13(11,12)5-7(9)10/h6H,4-5H2,1-3H3,(H,9,10). The molecule has 0 saturated heterocycles. The molecule has 0 heterocycles. The van der Waals surface area contributed by atoms with Gasteiger partial charge in [0.25, 0.3) is 0 Å². The lowest BCUT2D eigenvalue weighted by Gasteiger charge is -2.23. The molecule has 0 fully saturated rings. The Morgan fingerprint density at radius 3 is 2.15 bits per heavy atom. The van der Waals surface area contributed by atoms with E-state index in [9.17, 15) is 13.2 Å². The number of rotatable bonds is 5.